The van der Waals surface area contributed by atoms with Crippen LogP contribution in [-0.4, -0.2) is 59.3 Å². The summed E-state index contributed by atoms with van der Waals surface area (Å²) in [5, 5.41) is 4.69. The molecule has 1 fully saturated rings. The van der Waals surface area contributed by atoms with E-state index in [2.05, 4.69) is 26.2 Å². The molecule has 0 saturated carbocycles. The van der Waals surface area contributed by atoms with E-state index in [0.29, 0.717) is 16.7 Å². The molecule has 0 atom stereocenters. The second-order valence-corrected chi connectivity index (χ2v) is 7.39. The predicted octanol–water partition coefficient (Wildman–Crippen LogP) is 3.57. The number of ether oxygens (including phenoxy) is 1. The van der Waals surface area contributed by atoms with Gasteiger partial charge in [-0.15, -0.1) is 0 Å². The largest absolute Gasteiger partial charge is 0.379 e. The summed E-state index contributed by atoms with van der Waals surface area (Å²) in [6, 6.07) is 9.86. The number of para-hydroxylation sites is 1. The Morgan fingerprint density at radius 2 is 2.11 bits per heavy atom. The summed E-state index contributed by atoms with van der Waals surface area (Å²) in [5.41, 5.74) is 3.06. The first kappa shape index (κ1) is 20.0. The lowest BCUT2D eigenvalue weighted by atomic mass is 10.2. The summed E-state index contributed by atoms with van der Waals surface area (Å²) in [4.78, 5) is 8.80. The predicted molar refractivity (Wildman–Crippen MR) is 114 cm³/mol. The molecule has 2 aromatic rings. The zero-order valence-electron chi connectivity index (χ0n) is 15.5. The topological polar surface area (TPSA) is 40.6 Å². The molecule has 5 nitrogen and oxygen atoms in total. The monoisotopic (exact) mass is 404 g/mol. The number of aromatic nitrogens is 1. The molecule has 0 aliphatic carbocycles. The first-order valence-corrected chi connectivity index (χ1v) is 9.92. The van der Waals surface area contributed by atoms with Crippen molar-refractivity contribution in [2.45, 2.75) is 13.5 Å². The Hall–Kier alpha value is -1.73. The number of hydrogen-bond acceptors (Lipinski definition) is 4. The SMILES string of the molecule is Cc1cccc(Cl)c1NC(=S)N(CCN1CCOCC1)Cc1cccnc1. The number of benzene rings is 1. The van der Waals surface area contributed by atoms with Crippen molar-refractivity contribution in [1.29, 1.82) is 0 Å². The summed E-state index contributed by atoms with van der Waals surface area (Å²) < 4.78 is 5.44. The lowest BCUT2D eigenvalue weighted by Crippen LogP contribution is -2.44. The molecule has 0 radical (unpaired) electrons. The average Bonchev–Trinajstić information content (AvgIpc) is 2.69. The first-order valence-electron chi connectivity index (χ1n) is 9.13. The zero-order chi connectivity index (χ0) is 19.1. The van der Waals surface area contributed by atoms with Crippen LogP contribution in [0, 0.1) is 6.92 Å². The maximum Gasteiger partial charge on any atom is 0.173 e. The highest BCUT2D eigenvalue weighted by atomic mass is 35.5. The molecule has 2 heterocycles. The van der Waals surface area contributed by atoms with E-state index in [-0.39, 0.29) is 0 Å². The van der Waals surface area contributed by atoms with E-state index < -0.39 is 0 Å². The zero-order valence-corrected chi connectivity index (χ0v) is 17.1. The standard InChI is InChI=1S/C20H25ClN4OS/c1-16-4-2-6-18(21)19(16)23-20(27)25(15-17-5-3-7-22-14-17)9-8-24-10-12-26-13-11-24/h2-7,14H,8-13,15H2,1H3,(H,23,27). The minimum Gasteiger partial charge on any atom is -0.379 e. The van der Waals surface area contributed by atoms with Crippen molar-refractivity contribution < 1.29 is 4.74 Å². The van der Waals surface area contributed by atoms with E-state index in [1.807, 2.05) is 37.4 Å². The third-order valence-corrected chi connectivity index (χ3v) is 5.30. The fourth-order valence-electron chi connectivity index (χ4n) is 3.03. The van der Waals surface area contributed by atoms with Crippen LogP contribution in [0.3, 0.4) is 0 Å². The Labute approximate surface area is 171 Å². The number of aryl methyl sites for hydroxylation is 1. The molecule has 144 valence electrons. The lowest BCUT2D eigenvalue weighted by Gasteiger charge is -2.31. The van der Waals surface area contributed by atoms with Crippen molar-refractivity contribution in [2.75, 3.05) is 44.7 Å². The van der Waals surface area contributed by atoms with Gasteiger partial charge in [0.1, 0.15) is 0 Å². The van der Waals surface area contributed by atoms with Gasteiger partial charge >= 0.3 is 0 Å². The highest BCUT2D eigenvalue weighted by Gasteiger charge is 2.16. The normalized spacial score (nSPS) is 14.7. The van der Waals surface area contributed by atoms with E-state index in [4.69, 9.17) is 28.6 Å². The quantitative estimate of drug-likeness (QED) is 0.742. The molecule has 1 aliphatic rings. The van der Waals surface area contributed by atoms with Crippen LogP contribution in [-0.2, 0) is 11.3 Å². The van der Waals surface area contributed by atoms with Crippen LogP contribution < -0.4 is 5.32 Å². The number of thiocarbonyl (C=S) groups is 1. The van der Waals surface area contributed by atoms with Crippen LogP contribution in [0.4, 0.5) is 5.69 Å². The molecule has 0 amide bonds. The molecule has 1 aromatic carbocycles. The van der Waals surface area contributed by atoms with Crippen LogP contribution in [0.2, 0.25) is 5.02 Å². The number of nitrogens with zero attached hydrogens (tertiary/aromatic N) is 3. The fraction of sp³-hybridized carbons (Fsp3) is 0.400. The molecule has 7 heteroatoms. The molecule has 1 N–H and O–H groups in total. The van der Waals surface area contributed by atoms with Gasteiger partial charge in [-0.05, 0) is 42.4 Å². The van der Waals surface area contributed by atoms with Crippen LogP contribution in [0.25, 0.3) is 0 Å². The maximum atomic E-state index is 6.36. The Bertz CT molecular complexity index is 733. The summed E-state index contributed by atoms with van der Waals surface area (Å²) in [6.07, 6.45) is 3.66. The summed E-state index contributed by atoms with van der Waals surface area (Å²) >= 11 is 12.1. The van der Waals surface area contributed by atoms with Gasteiger partial charge in [0.2, 0.25) is 0 Å². The van der Waals surface area contributed by atoms with Crippen LogP contribution in [0.5, 0.6) is 0 Å². The van der Waals surface area contributed by atoms with Crippen molar-refractivity contribution in [2.24, 2.45) is 0 Å². The first-order chi connectivity index (χ1) is 13.1. The van der Waals surface area contributed by atoms with Crippen LogP contribution in [0.15, 0.2) is 42.7 Å². The molecule has 1 aromatic heterocycles. The Balaban J connectivity index is 1.70. The average molecular weight is 405 g/mol. The molecular formula is C20H25ClN4OS. The van der Waals surface area contributed by atoms with Gasteiger partial charge in [-0.2, -0.15) is 0 Å². The van der Waals surface area contributed by atoms with Gasteiger partial charge in [-0.25, -0.2) is 0 Å². The molecule has 3 rings (SSSR count). The third kappa shape index (κ3) is 5.87. The highest BCUT2D eigenvalue weighted by molar-refractivity contribution is 7.80. The van der Waals surface area contributed by atoms with E-state index in [1.54, 1.807) is 6.20 Å². The van der Waals surface area contributed by atoms with E-state index in [9.17, 15) is 0 Å². The number of hydrogen-bond donors (Lipinski definition) is 1. The molecule has 27 heavy (non-hydrogen) atoms. The molecule has 1 saturated heterocycles. The van der Waals surface area contributed by atoms with Crippen LogP contribution >= 0.6 is 23.8 Å². The molecule has 0 bridgehead atoms. The Morgan fingerprint density at radius 1 is 1.30 bits per heavy atom. The number of anilines is 1. The maximum absolute atomic E-state index is 6.36. The van der Waals surface area contributed by atoms with Gasteiger partial charge in [0, 0.05) is 45.1 Å². The minimum atomic E-state index is 0.670. The van der Waals surface area contributed by atoms with Gasteiger partial charge in [-0.1, -0.05) is 29.8 Å². The smallest absolute Gasteiger partial charge is 0.173 e. The van der Waals surface area contributed by atoms with Crippen molar-refractivity contribution in [3.05, 3.63) is 58.9 Å². The number of pyridine rings is 1. The number of halogens is 1. The number of rotatable bonds is 6. The number of nitrogens with one attached hydrogen (secondary N) is 1. The summed E-state index contributed by atoms with van der Waals surface area (Å²) in [5.74, 6) is 0. The van der Waals surface area contributed by atoms with Crippen LogP contribution in [0.1, 0.15) is 11.1 Å². The fourth-order valence-corrected chi connectivity index (χ4v) is 3.55. The highest BCUT2D eigenvalue weighted by Crippen LogP contribution is 2.25. The van der Waals surface area contributed by atoms with Gasteiger partial charge in [-0.3, -0.25) is 9.88 Å². The van der Waals surface area contributed by atoms with E-state index in [1.165, 1.54) is 0 Å². The van der Waals surface area contributed by atoms with Crippen molar-refractivity contribution in [3.8, 4) is 0 Å². The van der Waals surface area contributed by atoms with Crippen molar-refractivity contribution >= 4 is 34.6 Å². The minimum absolute atomic E-state index is 0.670. The Morgan fingerprint density at radius 3 is 2.81 bits per heavy atom. The second kappa shape index (κ2) is 9.99. The van der Waals surface area contributed by atoms with Gasteiger partial charge in [0.15, 0.2) is 5.11 Å². The van der Waals surface area contributed by atoms with E-state index in [0.717, 1.165) is 56.2 Å². The van der Waals surface area contributed by atoms with Crippen molar-refractivity contribution in [3.63, 3.8) is 0 Å². The van der Waals surface area contributed by atoms with Gasteiger partial charge < -0.3 is 15.0 Å². The van der Waals surface area contributed by atoms with Gasteiger partial charge in [0.05, 0.1) is 23.9 Å². The van der Waals surface area contributed by atoms with Gasteiger partial charge in [0.25, 0.3) is 0 Å². The third-order valence-electron chi connectivity index (χ3n) is 4.63. The lowest BCUT2D eigenvalue weighted by molar-refractivity contribution is 0.0358. The Kier molecular flexibility index (Phi) is 7.41. The molecular weight excluding hydrogens is 380 g/mol. The molecule has 0 spiro atoms. The number of morpholine rings is 1. The van der Waals surface area contributed by atoms with Crippen molar-refractivity contribution in [1.82, 2.24) is 14.8 Å². The molecule has 0 unspecified atom stereocenters. The summed E-state index contributed by atoms with van der Waals surface area (Å²) in [6.45, 7) is 8.00. The van der Waals surface area contributed by atoms with E-state index >= 15 is 0 Å². The molecule has 1 aliphatic heterocycles. The summed E-state index contributed by atoms with van der Waals surface area (Å²) in [7, 11) is 0. The second-order valence-electron chi connectivity index (χ2n) is 6.60.